The van der Waals surface area contributed by atoms with Crippen LogP contribution in [0.2, 0.25) is 0 Å². The number of benzene rings is 2. The first kappa shape index (κ1) is 21.5. The van der Waals surface area contributed by atoms with Gasteiger partial charge in [-0.2, -0.15) is 0 Å². The molecule has 1 atom stereocenters. The fourth-order valence-electron chi connectivity index (χ4n) is 3.59. The Labute approximate surface area is 176 Å². The zero-order chi connectivity index (χ0) is 21.5. The Morgan fingerprint density at radius 2 is 1.73 bits per heavy atom. The van der Waals surface area contributed by atoms with Gasteiger partial charge in [-0.05, 0) is 60.2 Å². The molecule has 1 unspecified atom stereocenters. The standard InChI is InChI=1S/C23H27NO6/c1-27-20-10-8-17(12-21(20)28-2)19(13-23(26)29-3)24-22(25)14-30-18-9-7-15-5-4-6-16(15)11-18/h7-12,19H,4-6,13-14H2,1-3H3,(H,24,25). The van der Waals surface area contributed by atoms with Crippen molar-refractivity contribution in [3.63, 3.8) is 0 Å². The normalized spacial score (nSPS) is 13.2. The summed E-state index contributed by atoms with van der Waals surface area (Å²) in [4.78, 5) is 24.4. The maximum absolute atomic E-state index is 12.5. The highest BCUT2D eigenvalue weighted by Crippen LogP contribution is 2.31. The Kier molecular flexibility index (Phi) is 7.17. The summed E-state index contributed by atoms with van der Waals surface area (Å²) in [5.74, 6) is 0.966. The molecule has 1 aliphatic rings. The molecule has 2 aromatic carbocycles. The minimum Gasteiger partial charge on any atom is -0.493 e. The number of hydrogen-bond acceptors (Lipinski definition) is 6. The number of hydrogen-bond donors (Lipinski definition) is 1. The minimum absolute atomic E-state index is 0.0173. The van der Waals surface area contributed by atoms with Crippen molar-refractivity contribution in [2.24, 2.45) is 0 Å². The number of methoxy groups -OCH3 is 3. The topological polar surface area (TPSA) is 83.1 Å². The van der Waals surface area contributed by atoms with Crippen LogP contribution in [0.4, 0.5) is 0 Å². The predicted octanol–water partition coefficient (Wildman–Crippen LogP) is 2.99. The van der Waals surface area contributed by atoms with E-state index in [0.717, 1.165) is 19.3 Å². The van der Waals surface area contributed by atoms with Gasteiger partial charge in [-0.1, -0.05) is 12.1 Å². The summed E-state index contributed by atoms with van der Waals surface area (Å²) >= 11 is 0. The molecule has 0 bridgehead atoms. The average molecular weight is 413 g/mol. The highest BCUT2D eigenvalue weighted by molar-refractivity contribution is 5.79. The molecule has 3 rings (SSSR count). The van der Waals surface area contributed by atoms with Crippen LogP contribution in [0.1, 0.15) is 35.6 Å². The summed E-state index contributed by atoms with van der Waals surface area (Å²) in [6.45, 7) is -0.149. The van der Waals surface area contributed by atoms with E-state index in [1.54, 1.807) is 25.3 Å². The molecule has 0 fully saturated rings. The Bertz CT molecular complexity index is 911. The van der Waals surface area contributed by atoms with Crippen LogP contribution in [0.3, 0.4) is 0 Å². The first-order valence-electron chi connectivity index (χ1n) is 9.86. The summed E-state index contributed by atoms with van der Waals surface area (Å²) < 4.78 is 21.0. The van der Waals surface area contributed by atoms with Gasteiger partial charge in [0.15, 0.2) is 18.1 Å². The highest BCUT2D eigenvalue weighted by atomic mass is 16.5. The number of aryl methyl sites for hydroxylation is 2. The molecule has 0 aliphatic heterocycles. The lowest BCUT2D eigenvalue weighted by Crippen LogP contribution is -2.34. The molecule has 1 aliphatic carbocycles. The van der Waals surface area contributed by atoms with E-state index in [-0.39, 0.29) is 18.9 Å². The van der Waals surface area contributed by atoms with Crippen molar-refractivity contribution in [1.29, 1.82) is 0 Å². The SMILES string of the molecule is COC(=O)CC(NC(=O)COc1ccc2c(c1)CCC2)c1ccc(OC)c(OC)c1. The summed E-state index contributed by atoms with van der Waals surface area (Å²) in [6.07, 6.45) is 3.27. The first-order chi connectivity index (χ1) is 14.5. The molecule has 7 heteroatoms. The Balaban J connectivity index is 1.68. The number of nitrogens with one attached hydrogen (secondary N) is 1. The maximum Gasteiger partial charge on any atom is 0.307 e. The van der Waals surface area contributed by atoms with Crippen molar-refractivity contribution in [3.05, 3.63) is 53.1 Å². The van der Waals surface area contributed by atoms with Gasteiger partial charge >= 0.3 is 5.97 Å². The molecule has 1 N–H and O–H groups in total. The van der Waals surface area contributed by atoms with Crippen molar-refractivity contribution in [3.8, 4) is 17.2 Å². The van der Waals surface area contributed by atoms with Crippen LogP contribution >= 0.6 is 0 Å². The molecule has 1 amide bonds. The zero-order valence-electron chi connectivity index (χ0n) is 17.5. The monoisotopic (exact) mass is 413 g/mol. The largest absolute Gasteiger partial charge is 0.493 e. The lowest BCUT2D eigenvalue weighted by Gasteiger charge is -2.20. The average Bonchev–Trinajstić information content (AvgIpc) is 3.24. The molecule has 2 aromatic rings. The molecule has 30 heavy (non-hydrogen) atoms. The second kappa shape index (κ2) is 10.0. The lowest BCUT2D eigenvalue weighted by atomic mass is 10.0. The first-order valence-corrected chi connectivity index (χ1v) is 9.86. The molecule has 0 radical (unpaired) electrons. The van der Waals surface area contributed by atoms with Gasteiger partial charge in [0.25, 0.3) is 5.91 Å². The van der Waals surface area contributed by atoms with Gasteiger partial charge in [-0.25, -0.2) is 0 Å². The third-order valence-electron chi connectivity index (χ3n) is 5.18. The van der Waals surface area contributed by atoms with Gasteiger partial charge in [0.1, 0.15) is 5.75 Å². The van der Waals surface area contributed by atoms with Crippen molar-refractivity contribution in [1.82, 2.24) is 5.32 Å². The number of fused-ring (bicyclic) bond motifs is 1. The summed E-state index contributed by atoms with van der Waals surface area (Å²) in [5.41, 5.74) is 3.32. The zero-order valence-corrected chi connectivity index (χ0v) is 17.5. The molecular weight excluding hydrogens is 386 g/mol. The van der Waals surface area contributed by atoms with Gasteiger partial charge in [0, 0.05) is 0 Å². The smallest absolute Gasteiger partial charge is 0.307 e. The van der Waals surface area contributed by atoms with Crippen LogP contribution in [-0.2, 0) is 27.2 Å². The van der Waals surface area contributed by atoms with E-state index in [1.165, 1.54) is 25.3 Å². The van der Waals surface area contributed by atoms with Gasteiger partial charge in [0.2, 0.25) is 0 Å². The van der Waals surface area contributed by atoms with E-state index in [9.17, 15) is 9.59 Å². The fraction of sp³-hybridized carbons (Fsp3) is 0.391. The number of esters is 1. The van der Waals surface area contributed by atoms with Gasteiger partial charge < -0.3 is 24.3 Å². The minimum atomic E-state index is -0.589. The van der Waals surface area contributed by atoms with Crippen LogP contribution in [0.25, 0.3) is 0 Å². The molecule has 7 nitrogen and oxygen atoms in total. The number of rotatable bonds is 9. The Morgan fingerprint density at radius 1 is 0.967 bits per heavy atom. The van der Waals surface area contributed by atoms with Crippen LogP contribution in [-0.4, -0.2) is 39.8 Å². The fourth-order valence-corrected chi connectivity index (χ4v) is 3.59. The predicted molar refractivity (Wildman–Crippen MR) is 111 cm³/mol. The molecule has 0 saturated carbocycles. The summed E-state index contributed by atoms with van der Waals surface area (Å²) in [5, 5.41) is 2.85. The third-order valence-corrected chi connectivity index (χ3v) is 5.18. The second-order valence-electron chi connectivity index (χ2n) is 7.09. The van der Waals surface area contributed by atoms with Crippen molar-refractivity contribution in [2.75, 3.05) is 27.9 Å². The summed E-state index contributed by atoms with van der Waals surface area (Å²) in [7, 11) is 4.38. The third kappa shape index (κ3) is 5.23. The number of carbonyl (C=O) groups excluding carboxylic acids is 2. The van der Waals surface area contributed by atoms with E-state index in [4.69, 9.17) is 18.9 Å². The van der Waals surface area contributed by atoms with Crippen molar-refractivity contribution in [2.45, 2.75) is 31.7 Å². The van der Waals surface area contributed by atoms with E-state index in [0.29, 0.717) is 22.8 Å². The van der Waals surface area contributed by atoms with Crippen LogP contribution in [0.15, 0.2) is 36.4 Å². The van der Waals surface area contributed by atoms with E-state index >= 15 is 0 Å². The number of carbonyl (C=O) groups is 2. The highest BCUT2D eigenvalue weighted by Gasteiger charge is 2.21. The van der Waals surface area contributed by atoms with Crippen molar-refractivity contribution >= 4 is 11.9 Å². The van der Waals surface area contributed by atoms with Gasteiger partial charge in [-0.15, -0.1) is 0 Å². The quantitative estimate of drug-likeness (QED) is 0.637. The van der Waals surface area contributed by atoms with Crippen LogP contribution < -0.4 is 19.5 Å². The van der Waals surface area contributed by atoms with Crippen LogP contribution in [0, 0.1) is 0 Å². The summed E-state index contributed by atoms with van der Waals surface area (Å²) in [6, 6.07) is 10.6. The molecule has 0 spiro atoms. The van der Waals surface area contributed by atoms with Gasteiger partial charge in [-0.3, -0.25) is 9.59 Å². The Hall–Kier alpha value is -3.22. The van der Waals surface area contributed by atoms with Crippen LogP contribution in [0.5, 0.6) is 17.2 Å². The molecule has 0 aromatic heterocycles. The second-order valence-corrected chi connectivity index (χ2v) is 7.09. The van der Waals surface area contributed by atoms with E-state index < -0.39 is 12.0 Å². The molecular formula is C23H27NO6. The maximum atomic E-state index is 12.5. The Morgan fingerprint density at radius 3 is 2.47 bits per heavy atom. The van der Waals surface area contributed by atoms with Gasteiger partial charge in [0.05, 0.1) is 33.8 Å². The lowest BCUT2D eigenvalue weighted by molar-refractivity contribution is -0.141. The number of ether oxygens (including phenoxy) is 4. The molecule has 0 heterocycles. The molecule has 0 saturated heterocycles. The van der Waals surface area contributed by atoms with E-state index in [1.807, 2.05) is 12.1 Å². The van der Waals surface area contributed by atoms with E-state index in [2.05, 4.69) is 11.4 Å². The number of amides is 1. The van der Waals surface area contributed by atoms with Crippen molar-refractivity contribution < 1.29 is 28.5 Å². The molecule has 160 valence electrons.